The zero-order valence-electron chi connectivity index (χ0n) is 8.25. The van der Waals surface area contributed by atoms with Gasteiger partial charge in [0.2, 0.25) is 0 Å². The van der Waals surface area contributed by atoms with E-state index >= 15 is 0 Å². The van der Waals surface area contributed by atoms with Gasteiger partial charge in [0.1, 0.15) is 4.88 Å². The van der Waals surface area contributed by atoms with E-state index in [1.165, 1.54) is 31.3 Å². The first-order chi connectivity index (χ1) is 7.24. The Kier molecular flexibility index (Phi) is 3.11. The standard InChI is InChI=1S/C9H11ClN2O2S/c1-14-8(13)7-6(4-10)12-9(15-7)11-5-2-3-5/h5H,2-4H2,1H3,(H,11,12). The molecule has 0 bridgehead atoms. The van der Waals surface area contributed by atoms with Crippen molar-refractivity contribution in [1.82, 2.24) is 4.98 Å². The van der Waals surface area contributed by atoms with E-state index in [0.717, 1.165) is 5.13 Å². The number of nitrogens with one attached hydrogen (secondary N) is 1. The summed E-state index contributed by atoms with van der Waals surface area (Å²) < 4.78 is 4.66. The number of thiazole rings is 1. The van der Waals surface area contributed by atoms with E-state index in [-0.39, 0.29) is 11.8 Å². The molecule has 0 aromatic carbocycles. The lowest BCUT2D eigenvalue weighted by Crippen LogP contribution is -2.01. The van der Waals surface area contributed by atoms with Gasteiger partial charge in [0.25, 0.3) is 0 Å². The maximum Gasteiger partial charge on any atom is 0.350 e. The van der Waals surface area contributed by atoms with Crippen molar-refractivity contribution >= 4 is 34.0 Å². The minimum absolute atomic E-state index is 0.229. The molecule has 6 heteroatoms. The molecule has 1 aromatic rings. The van der Waals surface area contributed by atoms with Crippen LogP contribution < -0.4 is 5.32 Å². The van der Waals surface area contributed by atoms with Crippen LogP contribution in [0.25, 0.3) is 0 Å². The summed E-state index contributed by atoms with van der Waals surface area (Å²) in [5.41, 5.74) is 0.594. The van der Waals surface area contributed by atoms with E-state index in [2.05, 4.69) is 15.0 Å². The number of esters is 1. The summed E-state index contributed by atoms with van der Waals surface area (Å²) in [4.78, 5) is 16.1. The molecule has 0 unspecified atom stereocenters. The van der Waals surface area contributed by atoms with E-state index in [1.54, 1.807) is 0 Å². The first-order valence-corrected chi connectivity index (χ1v) is 6.00. The van der Waals surface area contributed by atoms with Gasteiger partial charge in [-0.05, 0) is 12.8 Å². The van der Waals surface area contributed by atoms with Crippen LogP contribution in [0.5, 0.6) is 0 Å². The zero-order chi connectivity index (χ0) is 10.8. The number of aromatic nitrogens is 1. The molecule has 0 aliphatic heterocycles. The van der Waals surface area contributed by atoms with Gasteiger partial charge < -0.3 is 10.1 Å². The van der Waals surface area contributed by atoms with Gasteiger partial charge >= 0.3 is 5.97 Å². The van der Waals surface area contributed by atoms with Gasteiger partial charge in [-0.1, -0.05) is 11.3 Å². The summed E-state index contributed by atoms with van der Waals surface area (Å²) in [5.74, 6) is -0.139. The molecular weight excluding hydrogens is 236 g/mol. The van der Waals surface area contributed by atoms with Gasteiger partial charge in [-0.2, -0.15) is 0 Å². The first-order valence-electron chi connectivity index (χ1n) is 4.65. The monoisotopic (exact) mass is 246 g/mol. The summed E-state index contributed by atoms with van der Waals surface area (Å²) in [7, 11) is 1.36. The molecule has 1 fully saturated rings. The number of anilines is 1. The van der Waals surface area contributed by atoms with Gasteiger partial charge in [-0.15, -0.1) is 11.6 Å². The van der Waals surface area contributed by atoms with E-state index in [1.807, 2.05) is 0 Å². The number of rotatable bonds is 4. The van der Waals surface area contributed by atoms with Gasteiger partial charge in [0.05, 0.1) is 18.7 Å². The summed E-state index contributed by atoms with van der Waals surface area (Å²) in [6.07, 6.45) is 2.34. The second-order valence-corrected chi connectivity index (χ2v) is 4.60. The number of carbonyl (C=O) groups is 1. The highest BCUT2D eigenvalue weighted by atomic mass is 35.5. The topological polar surface area (TPSA) is 51.2 Å². The van der Waals surface area contributed by atoms with Crippen LogP contribution in [0.15, 0.2) is 0 Å². The van der Waals surface area contributed by atoms with Crippen molar-refractivity contribution in [3.63, 3.8) is 0 Å². The van der Waals surface area contributed by atoms with E-state index in [9.17, 15) is 4.79 Å². The molecular formula is C9H11ClN2O2S. The van der Waals surface area contributed by atoms with Crippen LogP contribution in [0.1, 0.15) is 28.2 Å². The third kappa shape index (κ3) is 2.41. The molecule has 0 amide bonds. The van der Waals surface area contributed by atoms with Crippen LogP contribution in [0, 0.1) is 0 Å². The Bertz CT molecular complexity index is 376. The predicted octanol–water partition coefficient (Wildman–Crippen LogP) is 2.24. The summed E-state index contributed by atoms with van der Waals surface area (Å²) in [6.45, 7) is 0. The fourth-order valence-corrected chi connectivity index (χ4v) is 2.41. The molecule has 2 rings (SSSR count). The molecule has 4 nitrogen and oxygen atoms in total. The Balaban J connectivity index is 2.19. The number of carbonyl (C=O) groups excluding carboxylic acids is 1. The van der Waals surface area contributed by atoms with Crippen molar-refractivity contribution in [3.05, 3.63) is 10.6 Å². The highest BCUT2D eigenvalue weighted by molar-refractivity contribution is 7.17. The normalized spacial score (nSPS) is 15.1. The molecule has 82 valence electrons. The largest absolute Gasteiger partial charge is 0.465 e. The molecule has 1 saturated carbocycles. The lowest BCUT2D eigenvalue weighted by Gasteiger charge is -1.95. The minimum atomic E-state index is -0.369. The lowest BCUT2D eigenvalue weighted by atomic mass is 10.4. The molecule has 1 heterocycles. The predicted molar refractivity (Wildman–Crippen MR) is 59.7 cm³/mol. The second kappa shape index (κ2) is 4.37. The van der Waals surface area contributed by atoms with Crippen LogP contribution in [-0.2, 0) is 10.6 Å². The average molecular weight is 247 g/mol. The summed E-state index contributed by atoms with van der Waals surface area (Å²) >= 11 is 7.01. The van der Waals surface area contributed by atoms with Crippen molar-refractivity contribution in [2.45, 2.75) is 24.8 Å². The molecule has 0 atom stereocenters. The smallest absolute Gasteiger partial charge is 0.350 e. The van der Waals surface area contributed by atoms with Crippen molar-refractivity contribution in [2.24, 2.45) is 0 Å². The highest BCUT2D eigenvalue weighted by Gasteiger charge is 2.24. The third-order valence-corrected chi connectivity index (χ3v) is 3.36. The van der Waals surface area contributed by atoms with Crippen molar-refractivity contribution in [1.29, 1.82) is 0 Å². The van der Waals surface area contributed by atoms with Crippen LogP contribution in [0.2, 0.25) is 0 Å². The van der Waals surface area contributed by atoms with E-state index < -0.39 is 0 Å². The Morgan fingerprint density at radius 1 is 1.73 bits per heavy atom. The lowest BCUT2D eigenvalue weighted by molar-refractivity contribution is 0.0605. The Labute approximate surface area is 96.6 Å². The van der Waals surface area contributed by atoms with Crippen LogP contribution in [0.3, 0.4) is 0 Å². The molecule has 0 radical (unpaired) electrons. The summed E-state index contributed by atoms with van der Waals surface area (Å²) in [6, 6.07) is 0.518. The number of alkyl halides is 1. The van der Waals surface area contributed by atoms with E-state index in [0.29, 0.717) is 16.6 Å². The summed E-state index contributed by atoms with van der Waals surface area (Å²) in [5, 5.41) is 3.99. The van der Waals surface area contributed by atoms with E-state index in [4.69, 9.17) is 11.6 Å². The number of hydrogen-bond acceptors (Lipinski definition) is 5. The SMILES string of the molecule is COC(=O)c1sc(NC2CC2)nc1CCl. The number of hydrogen-bond donors (Lipinski definition) is 1. The average Bonchev–Trinajstić information content (AvgIpc) is 2.95. The van der Waals surface area contributed by atoms with Crippen molar-refractivity contribution in [3.8, 4) is 0 Å². The van der Waals surface area contributed by atoms with Crippen LogP contribution >= 0.6 is 22.9 Å². The second-order valence-electron chi connectivity index (χ2n) is 3.34. The number of nitrogens with zero attached hydrogens (tertiary/aromatic N) is 1. The number of halogens is 1. The minimum Gasteiger partial charge on any atom is -0.465 e. The first kappa shape index (κ1) is 10.7. The fourth-order valence-electron chi connectivity index (χ4n) is 1.16. The van der Waals surface area contributed by atoms with Gasteiger partial charge in [0, 0.05) is 6.04 Å². The van der Waals surface area contributed by atoms with Gasteiger partial charge in [-0.3, -0.25) is 0 Å². The Morgan fingerprint density at radius 2 is 2.47 bits per heavy atom. The van der Waals surface area contributed by atoms with Crippen molar-refractivity contribution in [2.75, 3.05) is 12.4 Å². The molecule has 0 spiro atoms. The Morgan fingerprint density at radius 3 is 3.00 bits per heavy atom. The maximum atomic E-state index is 11.4. The molecule has 0 saturated heterocycles. The zero-order valence-corrected chi connectivity index (χ0v) is 9.82. The fraction of sp³-hybridized carbons (Fsp3) is 0.556. The molecule has 15 heavy (non-hydrogen) atoms. The van der Waals surface area contributed by atoms with Crippen LogP contribution in [0.4, 0.5) is 5.13 Å². The molecule has 1 aliphatic carbocycles. The highest BCUT2D eigenvalue weighted by Crippen LogP contribution is 2.30. The molecule has 1 aromatic heterocycles. The molecule has 1 N–H and O–H groups in total. The number of methoxy groups -OCH3 is 1. The quantitative estimate of drug-likeness (QED) is 0.654. The Hall–Kier alpha value is -0.810. The van der Waals surface area contributed by atoms with Gasteiger partial charge in [-0.25, -0.2) is 9.78 Å². The molecule has 1 aliphatic rings. The van der Waals surface area contributed by atoms with Crippen LogP contribution in [-0.4, -0.2) is 24.1 Å². The van der Waals surface area contributed by atoms with Gasteiger partial charge in [0.15, 0.2) is 5.13 Å². The maximum absolute atomic E-state index is 11.4. The number of ether oxygens (including phenoxy) is 1. The van der Waals surface area contributed by atoms with Crippen molar-refractivity contribution < 1.29 is 9.53 Å². The third-order valence-electron chi connectivity index (χ3n) is 2.10.